The molecule has 1 aromatic carbocycles. The molecule has 0 saturated carbocycles. The van der Waals surface area contributed by atoms with Crippen molar-refractivity contribution in [2.24, 2.45) is 5.73 Å². The molecule has 2 aromatic rings. The third-order valence-corrected chi connectivity index (χ3v) is 4.36. The fourth-order valence-electron chi connectivity index (χ4n) is 2.09. The zero-order valence-electron chi connectivity index (χ0n) is 10.7. The lowest BCUT2D eigenvalue weighted by Crippen LogP contribution is -2.13. The third kappa shape index (κ3) is 2.26. The van der Waals surface area contributed by atoms with Crippen LogP contribution in [0.2, 0.25) is 0 Å². The van der Waals surface area contributed by atoms with Gasteiger partial charge in [0.05, 0.1) is 16.7 Å². The Balaban J connectivity index is 2.47. The molecule has 0 bridgehead atoms. The summed E-state index contributed by atoms with van der Waals surface area (Å²) in [6.45, 7) is 8.31. The van der Waals surface area contributed by atoms with E-state index >= 15 is 0 Å². The van der Waals surface area contributed by atoms with Crippen LogP contribution in [0, 0.1) is 27.7 Å². The van der Waals surface area contributed by atoms with Gasteiger partial charge in [0.25, 0.3) is 0 Å². The number of aryl methyl sites for hydroxylation is 3. The fourth-order valence-corrected chi connectivity index (χ4v) is 3.04. The van der Waals surface area contributed by atoms with E-state index in [9.17, 15) is 0 Å². The van der Waals surface area contributed by atoms with Gasteiger partial charge in [-0.3, -0.25) is 0 Å². The fraction of sp³-hybridized carbons (Fsp3) is 0.357. The smallest absolute Gasteiger partial charge is 0.0900 e. The van der Waals surface area contributed by atoms with Crippen molar-refractivity contribution in [1.29, 1.82) is 0 Å². The first-order valence-corrected chi connectivity index (χ1v) is 6.58. The zero-order chi connectivity index (χ0) is 12.6. The first kappa shape index (κ1) is 12.3. The Morgan fingerprint density at radius 3 is 2.47 bits per heavy atom. The second-order valence-corrected chi connectivity index (χ2v) is 5.68. The average molecular weight is 246 g/mol. The van der Waals surface area contributed by atoms with Crippen molar-refractivity contribution in [3.8, 4) is 0 Å². The van der Waals surface area contributed by atoms with Crippen molar-refractivity contribution < 1.29 is 0 Å². The van der Waals surface area contributed by atoms with Crippen LogP contribution in [0.5, 0.6) is 0 Å². The number of hydrogen-bond donors (Lipinski definition) is 1. The lowest BCUT2D eigenvalue weighted by atomic mass is 9.96. The van der Waals surface area contributed by atoms with Gasteiger partial charge in [0, 0.05) is 4.88 Å². The predicted molar refractivity (Wildman–Crippen MR) is 73.5 cm³/mol. The van der Waals surface area contributed by atoms with Gasteiger partial charge in [-0.25, -0.2) is 4.98 Å². The molecule has 90 valence electrons. The molecule has 0 aliphatic rings. The molecule has 0 aliphatic heterocycles. The first-order valence-electron chi connectivity index (χ1n) is 5.76. The molecular weight excluding hydrogens is 228 g/mol. The van der Waals surface area contributed by atoms with Gasteiger partial charge in [0.2, 0.25) is 0 Å². The maximum absolute atomic E-state index is 6.37. The lowest BCUT2D eigenvalue weighted by molar-refractivity contribution is 0.864. The summed E-state index contributed by atoms with van der Waals surface area (Å²) in [7, 11) is 0. The summed E-state index contributed by atoms with van der Waals surface area (Å²) in [6.07, 6.45) is 0. The Morgan fingerprint density at radius 1 is 1.18 bits per heavy atom. The van der Waals surface area contributed by atoms with Crippen molar-refractivity contribution in [2.45, 2.75) is 33.7 Å². The summed E-state index contributed by atoms with van der Waals surface area (Å²) in [6, 6.07) is 6.25. The van der Waals surface area contributed by atoms with Crippen molar-refractivity contribution >= 4 is 11.3 Å². The highest BCUT2D eigenvalue weighted by molar-refractivity contribution is 7.11. The Morgan fingerprint density at radius 2 is 1.88 bits per heavy atom. The van der Waals surface area contributed by atoms with E-state index in [1.807, 2.05) is 13.8 Å². The second-order valence-electron chi connectivity index (χ2n) is 4.45. The summed E-state index contributed by atoms with van der Waals surface area (Å²) >= 11 is 1.70. The van der Waals surface area contributed by atoms with E-state index in [-0.39, 0.29) is 6.04 Å². The summed E-state index contributed by atoms with van der Waals surface area (Å²) in [4.78, 5) is 5.63. The highest BCUT2D eigenvalue weighted by Crippen LogP contribution is 2.30. The minimum atomic E-state index is -0.0545. The van der Waals surface area contributed by atoms with Gasteiger partial charge in [0.1, 0.15) is 0 Å². The summed E-state index contributed by atoms with van der Waals surface area (Å²) < 4.78 is 0. The molecule has 3 heteroatoms. The highest BCUT2D eigenvalue weighted by Gasteiger charge is 2.17. The van der Waals surface area contributed by atoms with Gasteiger partial charge < -0.3 is 5.73 Å². The monoisotopic (exact) mass is 246 g/mol. The SMILES string of the molecule is Cc1nc(C)c(C(N)c2cccc(C)c2C)s1. The number of nitrogens with zero attached hydrogens (tertiary/aromatic N) is 1. The summed E-state index contributed by atoms with van der Waals surface area (Å²) in [5, 5.41) is 1.08. The van der Waals surface area contributed by atoms with E-state index in [1.165, 1.54) is 21.6 Å². The molecule has 0 aliphatic carbocycles. The average Bonchev–Trinajstić information content (AvgIpc) is 2.61. The van der Waals surface area contributed by atoms with Gasteiger partial charge in [-0.05, 0) is 44.4 Å². The van der Waals surface area contributed by atoms with Crippen molar-refractivity contribution in [3.05, 3.63) is 50.5 Å². The van der Waals surface area contributed by atoms with Crippen LogP contribution >= 0.6 is 11.3 Å². The van der Waals surface area contributed by atoms with Crippen molar-refractivity contribution in [1.82, 2.24) is 4.98 Å². The molecule has 2 N–H and O–H groups in total. The maximum atomic E-state index is 6.37. The van der Waals surface area contributed by atoms with Crippen LogP contribution < -0.4 is 5.73 Å². The van der Waals surface area contributed by atoms with E-state index in [4.69, 9.17) is 5.73 Å². The molecular formula is C14H18N2S. The Hall–Kier alpha value is -1.19. The van der Waals surface area contributed by atoms with Crippen LogP contribution in [-0.2, 0) is 0 Å². The van der Waals surface area contributed by atoms with Gasteiger partial charge in [-0.2, -0.15) is 0 Å². The quantitative estimate of drug-likeness (QED) is 0.881. The van der Waals surface area contributed by atoms with E-state index in [1.54, 1.807) is 11.3 Å². The number of nitrogens with two attached hydrogens (primary N) is 1. The van der Waals surface area contributed by atoms with Crippen molar-refractivity contribution in [2.75, 3.05) is 0 Å². The lowest BCUT2D eigenvalue weighted by Gasteiger charge is -2.15. The molecule has 1 unspecified atom stereocenters. The van der Waals surface area contributed by atoms with E-state index < -0.39 is 0 Å². The largest absolute Gasteiger partial charge is 0.320 e. The third-order valence-electron chi connectivity index (χ3n) is 3.20. The number of hydrogen-bond acceptors (Lipinski definition) is 3. The van der Waals surface area contributed by atoms with Crippen LogP contribution in [-0.4, -0.2) is 4.98 Å². The molecule has 0 fully saturated rings. The Labute approximate surface area is 107 Å². The first-order chi connectivity index (χ1) is 8.00. The van der Waals surface area contributed by atoms with Crippen LogP contribution in [0.15, 0.2) is 18.2 Å². The molecule has 2 nitrogen and oxygen atoms in total. The molecule has 0 amide bonds. The molecule has 2 rings (SSSR count). The molecule has 0 radical (unpaired) electrons. The Kier molecular flexibility index (Phi) is 3.31. The molecule has 1 heterocycles. The minimum absolute atomic E-state index is 0.0545. The molecule has 0 spiro atoms. The molecule has 1 atom stereocenters. The van der Waals surface area contributed by atoms with Gasteiger partial charge in [-0.1, -0.05) is 18.2 Å². The second kappa shape index (κ2) is 4.59. The summed E-state index contributed by atoms with van der Waals surface area (Å²) in [5.74, 6) is 0. The number of aromatic nitrogens is 1. The zero-order valence-corrected chi connectivity index (χ0v) is 11.6. The number of benzene rings is 1. The Bertz CT molecular complexity index is 543. The van der Waals surface area contributed by atoms with Crippen LogP contribution in [0.4, 0.5) is 0 Å². The van der Waals surface area contributed by atoms with Gasteiger partial charge in [0.15, 0.2) is 0 Å². The maximum Gasteiger partial charge on any atom is 0.0900 e. The van der Waals surface area contributed by atoms with Gasteiger partial charge in [-0.15, -0.1) is 11.3 Å². The molecule has 17 heavy (non-hydrogen) atoms. The van der Waals surface area contributed by atoms with Crippen LogP contribution in [0.3, 0.4) is 0 Å². The predicted octanol–water partition coefficient (Wildman–Crippen LogP) is 3.42. The number of rotatable bonds is 2. The molecule has 0 saturated heterocycles. The standard InChI is InChI=1S/C14H18N2S/c1-8-6-5-7-12(9(8)2)13(15)14-10(3)16-11(4)17-14/h5-7,13H,15H2,1-4H3. The van der Waals surface area contributed by atoms with Crippen molar-refractivity contribution in [3.63, 3.8) is 0 Å². The normalized spacial score (nSPS) is 12.8. The van der Waals surface area contributed by atoms with Gasteiger partial charge >= 0.3 is 0 Å². The van der Waals surface area contributed by atoms with Crippen LogP contribution in [0.1, 0.15) is 38.3 Å². The summed E-state index contributed by atoms with van der Waals surface area (Å²) in [5.41, 5.74) is 11.2. The highest BCUT2D eigenvalue weighted by atomic mass is 32.1. The molecule has 1 aromatic heterocycles. The minimum Gasteiger partial charge on any atom is -0.320 e. The topological polar surface area (TPSA) is 38.9 Å². The van der Waals surface area contributed by atoms with E-state index in [2.05, 4.69) is 37.0 Å². The van der Waals surface area contributed by atoms with Crippen LogP contribution in [0.25, 0.3) is 0 Å². The number of thiazole rings is 1. The van der Waals surface area contributed by atoms with E-state index in [0.717, 1.165) is 10.7 Å². The van der Waals surface area contributed by atoms with E-state index in [0.29, 0.717) is 0 Å².